The molecule has 0 N–H and O–H groups in total. The number of piperazine rings is 1. The van der Waals surface area contributed by atoms with Crippen LogP contribution in [-0.4, -0.2) is 63.2 Å². The van der Waals surface area contributed by atoms with E-state index in [9.17, 15) is 4.79 Å². The summed E-state index contributed by atoms with van der Waals surface area (Å²) in [5, 5.41) is 0.746. The maximum atomic E-state index is 12.8. The molecular weight excluding hydrogens is 392 g/mol. The molecule has 0 atom stereocenters. The van der Waals surface area contributed by atoms with Gasteiger partial charge in [-0.1, -0.05) is 23.7 Å². The molecule has 2 aromatic carbocycles. The lowest BCUT2D eigenvalue weighted by atomic mass is 10.1. The number of benzene rings is 2. The van der Waals surface area contributed by atoms with Gasteiger partial charge in [0.25, 0.3) is 0 Å². The van der Waals surface area contributed by atoms with Gasteiger partial charge in [-0.3, -0.25) is 9.69 Å². The number of hydrogen-bond donors (Lipinski definition) is 0. The fourth-order valence-corrected chi connectivity index (χ4v) is 3.65. The molecule has 0 aliphatic carbocycles. The molecule has 1 aliphatic heterocycles. The Balaban J connectivity index is 1.57. The van der Waals surface area contributed by atoms with Crippen LogP contribution in [0.3, 0.4) is 0 Å². The predicted octanol–water partition coefficient (Wildman–Crippen LogP) is 3.25. The molecule has 0 radical (unpaired) electrons. The van der Waals surface area contributed by atoms with Crippen molar-refractivity contribution in [1.29, 1.82) is 0 Å². The van der Waals surface area contributed by atoms with Crippen LogP contribution < -0.4 is 14.2 Å². The number of carbonyl (C=O) groups is 1. The van der Waals surface area contributed by atoms with Crippen LogP contribution in [0, 0.1) is 0 Å². The molecule has 3 rings (SSSR count). The Hall–Kier alpha value is -2.44. The summed E-state index contributed by atoms with van der Waals surface area (Å²) in [6, 6.07) is 11.6. The second-order valence-electron chi connectivity index (χ2n) is 6.99. The molecule has 0 bridgehead atoms. The summed E-state index contributed by atoms with van der Waals surface area (Å²) < 4.78 is 16.1. The molecule has 29 heavy (non-hydrogen) atoms. The summed E-state index contributed by atoms with van der Waals surface area (Å²) in [7, 11) is 4.71. The monoisotopic (exact) mass is 418 g/mol. The van der Waals surface area contributed by atoms with Crippen molar-refractivity contribution in [1.82, 2.24) is 9.80 Å². The largest absolute Gasteiger partial charge is 0.493 e. The van der Waals surface area contributed by atoms with Crippen molar-refractivity contribution in [2.45, 2.75) is 13.0 Å². The van der Waals surface area contributed by atoms with Crippen LogP contribution in [-0.2, 0) is 17.8 Å². The average Bonchev–Trinajstić information content (AvgIpc) is 2.75. The van der Waals surface area contributed by atoms with E-state index in [0.29, 0.717) is 23.7 Å². The van der Waals surface area contributed by atoms with Gasteiger partial charge in [0.05, 0.1) is 27.8 Å². The van der Waals surface area contributed by atoms with E-state index in [-0.39, 0.29) is 5.91 Å². The van der Waals surface area contributed by atoms with Crippen molar-refractivity contribution in [3.8, 4) is 17.2 Å². The standard InChI is InChI=1S/C22H27ClN2O4/c1-27-19-12-17(13-20(28-2)22(19)29-3)14-21(26)25-10-8-24(9-11-25)15-16-4-6-18(23)7-5-16/h4-7,12-13H,8-11,14-15H2,1-3H3. The molecule has 6 nitrogen and oxygen atoms in total. The van der Waals surface area contributed by atoms with Crippen LogP contribution >= 0.6 is 11.6 Å². The topological polar surface area (TPSA) is 51.2 Å². The third kappa shape index (κ3) is 5.34. The highest BCUT2D eigenvalue weighted by molar-refractivity contribution is 6.30. The van der Waals surface area contributed by atoms with E-state index in [0.717, 1.165) is 43.3 Å². The van der Waals surface area contributed by atoms with Crippen LogP contribution in [0.15, 0.2) is 36.4 Å². The second-order valence-corrected chi connectivity index (χ2v) is 7.43. The number of halogens is 1. The third-order valence-corrected chi connectivity index (χ3v) is 5.38. The number of rotatable bonds is 7. The number of ether oxygens (including phenoxy) is 3. The summed E-state index contributed by atoms with van der Waals surface area (Å²) in [5.41, 5.74) is 2.07. The fourth-order valence-electron chi connectivity index (χ4n) is 3.53. The molecule has 0 spiro atoms. The molecule has 1 saturated heterocycles. The van der Waals surface area contributed by atoms with Crippen LogP contribution in [0.1, 0.15) is 11.1 Å². The molecule has 1 heterocycles. The maximum absolute atomic E-state index is 12.8. The molecule has 0 aromatic heterocycles. The Kier molecular flexibility index (Phi) is 7.23. The predicted molar refractivity (Wildman–Crippen MR) is 113 cm³/mol. The van der Waals surface area contributed by atoms with E-state index in [4.69, 9.17) is 25.8 Å². The van der Waals surface area contributed by atoms with Crippen molar-refractivity contribution >= 4 is 17.5 Å². The van der Waals surface area contributed by atoms with E-state index in [1.807, 2.05) is 41.3 Å². The van der Waals surface area contributed by atoms with Gasteiger partial charge in [0.15, 0.2) is 11.5 Å². The number of carbonyl (C=O) groups excluding carboxylic acids is 1. The van der Waals surface area contributed by atoms with Crippen molar-refractivity contribution in [3.05, 3.63) is 52.5 Å². The van der Waals surface area contributed by atoms with Crippen LogP contribution in [0.5, 0.6) is 17.2 Å². The minimum Gasteiger partial charge on any atom is -0.493 e. The van der Waals surface area contributed by atoms with Gasteiger partial charge in [0.2, 0.25) is 11.7 Å². The fraction of sp³-hybridized carbons (Fsp3) is 0.409. The first-order valence-electron chi connectivity index (χ1n) is 9.57. The van der Waals surface area contributed by atoms with Crippen LogP contribution in [0.2, 0.25) is 5.02 Å². The molecule has 7 heteroatoms. The van der Waals surface area contributed by atoms with Gasteiger partial charge in [-0.25, -0.2) is 0 Å². The number of methoxy groups -OCH3 is 3. The Morgan fingerprint density at radius 2 is 1.48 bits per heavy atom. The molecule has 1 aliphatic rings. The SMILES string of the molecule is COc1cc(CC(=O)N2CCN(Cc3ccc(Cl)cc3)CC2)cc(OC)c1OC. The quantitative estimate of drug-likeness (QED) is 0.690. The second kappa shape index (κ2) is 9.85. The van der Waals surface area contributed by atoms with E-state index in [2.05, 4.69) is 4.90 Å². The Morgan fingerprint density at radius 1 is 0.897 bits per heavy atom. The molecule has 0 saturated carbocycles. The van der Waals surface area contributed by atoms with Gasteiger partial charge in [-0.15, -0.1) is 0 Å². The van der Waals surface area contributed by atoms with E-state index in [1.165, 1.54) is 5.56 Å². The molecular formula is C22H27ClN2O4. The molecule has 0 unspecified atom stereocenters. The van der Waals surface area contributed by atoms with Gasteiger partial charge in [-0.2, -0.15) is 0 Å². The minimum absolute atomic E-state index is 0.102. The van der Waals surface area contributed by atoms with E-state index >= 15 is 0 Å². The summed E-state index contributed by atoms with van der Waals surface area (Å²) in [6.45, 7) is 4.01. The summed E-state index contributed by atoms with van der Waals surface area (Å²) in [6.07, 6.45) is 0.300. The van der Waals surface area contributed by atoms with Crippen LogP contribution in [0.25, 0.3) is 0 Å². The highest BCUT2D eigenvalue weighted by atomic mass is 35.5. The minimum atomic E-state index is 0.102. The zero-order chi connectivity index (χ0) is 20.8. The average molecular weight is 419 g/mol. The van der Waals surface area contributed by atoms with Gasteiger partial charge >= 0.3 is 0 Å². The number of nitrogens with zero attached hydrogens (tertiary/aromatic N) is 2. The zero-order valence-electron chi connectivity index (χ0n) is 17.1. The van der Waals surface area contributed by atoms with E-state index < -0.39 is 0 Å². The first-order chi connectivity index (χ1) is 14.0. The van der Waals surface area contributed by atoms with Gasteiger partial charge in [0.1, 0.15) is 0 Å². The lowest BCUT2D eigenvalue weighted by Crippen LogP contribution is -2.48. The molecule has 156 valence electrons. The number of hydrogen-bond acceptors (Lipinski definition) is 5. The highest BCUT2D eigenvalue weighted by Gasteiger charge is 2.22. The Labute approximate surface area is 176 Å². The van der Waals surface area contributed by atoms with Gasteiger partial charge in [-0.05, 0) is 35.4 Å². The van der Waals surface area contributed by atoms with Crippen molar-refractivity contribution in [2.24, 2.45) is 0 Å². The number of amides is 1. The lowest BCUT2D eigenvalue weighted by molar-refractivity contribution is -0.132. The van der Waals surface area contributed by atoms with Crippen LogP contribution in [0.4, 0.5) is 0 Å². The molecule has 2 aromatic rings. The maximum Gasteiger partial charge on any atom is 0.227 e. The normalized spacial score (nSPS) is 14.6. The van der Waals surface area contributed by atoms with Gasteiger partial charge < -0.3 is 19.1 Å². The van der Waals surface area contributed by atoms with Gasteiger partial charge in [0, 0.05) is 37.7 Å². The third-order valence-electron chi connectivity index (χ3n) is 5.12. The zero-order valence-corrected chi connectivity index (χ0v) is 17.9. The van der Waals surface area contributed by atoms with Crippen molar-refractivity contribution < 1.29 is 19.0 Å². The molecule has 1 amide bonds. The Bertz CT molecular complexity index is 808. The smallest absolute Gasteiger partial charge is 0.227 e. The van der Waals surface area contributed by atoms with Crippen molar-refractivity contribution in [2.75, 3.05) is 47.5 Å². The summed E-state index contributed by atoms with van der Waals surface area (Å²) in [5.74, 6) is 1.75. The summed E-state index contributed by atoms with van der Waals surface area (Å²) in [4.78, 5) is 17.1. The summed E-state index contributed by atoms with van der Waals surface area (Å²) >= 11 is 5.95. The molecule has 1 fully saturated rings. The highest BCUT2D eigenvalue weighted by Crippen LogP contribution is 2.38. The first-order valence-corrected chi connectivity index (χ1v) is 9.95. The Morgan fingerprint density at radius 3 is 2.00 bits per heavy atom. The van der Waals surface area contributed by atoms with E-state index in [1.54, 1.807) is 21.3 Å². The van der Waals surface area contributed by atoms with Crippen molar-refractivity contribution in [3.63, 3.8) is 0 Å². The first kappa shape index (κ1) is 21.3. The lowest BCUT2D eigenvalue weighted by Gasteiger charge is -2.35.